The molecule has 98 valence electrons. The molecule has 0 saturated heterocycles. The smallest absolute Gasteiger partial charge is 0.133 e. The maximum atomic E-state index is 11.9. The van der Waals surface area contributed by atoms with Gasteiger partial charge in [0.15, 0.2) is 0 Å². The highest BCUT2D eigenvalue weighted by atomic mass is 16.1. The van der Waals surface area contributed by atoms with E-state index in [9.17, 15) is 4.79 Å². The lowest BCUT2D eigenvalue weighted by molar-refractivity contribution is -0.123. The predicted octanol–water partition coefficient (Wildman–Crippen LogP) is 4.74. The minimum Gasteiger partial charge on any atom is -0.300 e. The maximum Gasteiger partial charge on any atom is 0.133 e. The minimum atomic E-state index is 0.401. The summed E-state index contributed by atoms with van der Waals surface area (Å²) in [5, 5.41) is 0. The van der Waals surface area contributed by atoms with E-state index in [1.165, 1.54) is 70.6 Å². The van der Waals surface area contributed by atoms with Gasteiger partial charge in [-0.05, 0) is 38.0 Å². The summed E-state index contributed by atoms with van der Waals surface area (Å²) in [6.45, 7) is 1.84. The second-order valence-electron chi connectivity index (χ2n) is 6.35. The fraction of sp³-hybridized carbons (Fsp3) is 0.938. The summed E-state index contributed by atoms with van der Waals surface area (Å²) in [6.07, 6.45) is 15.0. The first kappa shape index (κ1) is 13.1. The van der Waals surface area contributed by atoms with Crippen molar-refractivity contribution in [1.29, 1.82) is 0 Å². The molecular weight excluding hydrogens is 208 g/mol. The number of ketones is 1. The van der Waals surface area contributed by atoms with Gasteiger partial charge in [-0.25, -0.2) is 0 Å². The monoisotopic (exact) mass is 236 g/mol. The topological polar surface area (TPSA) is 17.1 Å². The molecule has 0 aliphatic heterocycles. The molecule has 0 radical (unpaired) electrons. The van der Waals surface area contributed by atoms with Crippen LogP contribution in [0.2, 0.25) is 0 Å². The Morgan fingerprint density at radius 1 is 0.941 bits per heavy atom. The quantitative estimate of drug-likeness (QED) is 0.689. The molecule has 17 heavy (non-hydrogen) atoms. The molecule has 1 atom stereocenters. The average Bonchev–Trinajstić information content (AvgIpc) is 2.38. The van der Waals surface area contributed by atoms with Crippen molar-refractivity contribution in [3.63, 3.8) is 0 Å². The molecule has 0 unspecified atom stereocenters. The zero-order valence-corrected chi connectivity index (χ0v) is 11.4. The number of rotatable bonds is 4. The Morgan fingerprint density at radius 2 is 1.47 bits per heavy atom. The van der Waals surface area contributed by atoms with Crippen LogP contribution in [-0.2, 0) is 4.79 Å². The van der Waals surface area contributed by atoms with Crippen LogP contribution in [0.4, 0.5) is 0 Å². The number of hydrogen-bond acceptors (Lipinski definition) is 1. The summed E-state index contributed by atoms with van der Waals surface area (Å²) in [5.41, 5.74) is 0. The van der Waals surface area contributed by atoms with Crippen molar-refractivity contribution in [2.24, 2.45) is 17.8 Å². The molecule has 0 aromatic carbocycles. The second kappa shape index (κ2) is 6.56. The molecule has 1 nitrogen and oxygen atoms in total. The van der Waals surface area contributed by atoms with Gasteiger partial charge >= 0.3 is 0 Å². The Labute approximate surface area is 106 Å². The van der Waals surface area contributed by atoms with Gasteiger partial charge in [-0.3, -0.25) is 4.79 Å². The third-order valence-electron chi connectivity index (χ3n) is 5.05. The molecule has 0 heterocycles. The molecule has 0 spiro atoms. The lowest BCUT2D eigenvalue weighted by Crippen LogP contribution is -2.27. The Balaban J connectivity index is 1.88. The Hall–Kier alpha value is -0.330. The minimum absolute atomic E-state index is 0.401. The van der Waals surface area contributed by atoms with Crippen LogP contribution in [-0.4, -0.2) is 5.78 Å². The standard InChI is InChI=1S/C16H28O/c1-13(17)16(15-10-6-3-7-11-15)12-14-8-4-2-5-9-14/h14-16H,2-12H2,1H3/t16-/m0/s1. The van der Waals surface area contributed by atoms with Crippen molar-refractivity contribution in [3.05, 3.63) is 0 Å². The Bertz CT molecular complexity index is 234. The fourth-order valence-corrected chi connectivity index (χ4v) is 4.01. The SMILES string of the molecule is CC(=O)[C@H](CC1CCCCC1)C1CCCCC1. The number of carbonyl (C=O) groups excluding carboxylic acids is 1. The molecule has 1 heteroatoms. The van der Waals surface area contributed by atoms with Crippen molar-refractivity contribution < 1.29 is 4.79 Å². The van der Waals surface area contributed by atoms with E-state index in [0.717, 1.165) is 11.8 Å². The van der Waals surface area contributed by atoms with E-state index in [1.54, 1.807) is 0 Å². The van der Waals surface area contributed by atoms with Gasteiger partial charge in [0.1, 0.15) is 5.78 Å². The summed E-state index contributed by atoms with van der Waals surface area (Å²) in [5.74, 6) is 2.46. The maximum absolute atomic E-state index is 11.9. The van der Waals surface area contributed by atoms with Gasteiger partial charge in [-0.15, -0.1) is 0 Å². The van der Waals surface area contributed by atoms with E-state index in [2.05, 4.69) is 0 Å². The van der Waals surface area contributed by atoms with E-state index in [-0.39, 0.29) is 0 Å². The summed E-state index contributed by atoms with van der Waals surface area (Å²) < 4.78 is 0. The van der Waals surface area contributed by atoms with Crippen LogP contribution < -0.4 is 0 Å². The summed E-state index contributed by atoms with van der Waals surface area (Å²) in [6, 6.07) is 0. The van der Waals surface area contributed by atoms with Gasteiger partial charge in [0.2, 0.25) is 0 Å². The zero-order chi connectivity index (χ0) is 12.1. The molecule has 0 amide bonds. The summed E-state index contributed by atoms with van der Waals surface area (Å²) in [7, 11) is 0. The van der Waals surface area contributed by atoms with E-state index >= 15 is 0 Å². The Kier molecular flexibility index (Phi) is 5.06. The number of hydrogen-bond donors (Lipinski definition) is 0. The van der Waals surface area contributed by atoms with E-state index in [1.807, 2.05) is 6.92 Å². The number of carbonyl (C=O) groups is 1. The molecule has 2 aliphatic rings. The molecular formula is C16H28O. The molecule has 2 rings (SSSR count). The summed E-state index contributed by atoms with van der Waals surface area (Å²) >= 11 is 0. The highest BCUT2D eigenvalue weighted by Gasteiger charge is 2.29. The molecule has 2 saturated carbocycles. The Morgan fingerprint density at radius 3 is 2.00 bits per heavy atom. The second-order valence-corrected chi connectivity index (χ2v) is 6.35. The highest BCUT2D eigenvalue weighted by molar-refractivity contribution is 5.78. The van der Waals surface area contributed by atoms with Gasteiger partial charge in [-0.1, -0.05) is 51.4 Å². The molecule has 0 bridgehead atoms. The van der Waals surface area contributed by atoms with Crippen molar-refractivity contribution in [1.82, 2.24) is 0 Å². The van der Waals surface area contributed by atoms with Crippen molar-refractivity contribution in [2.45, 2.75) is 77.6 Å². The van der Waals surface area contributed by atoms with E-state index in [4.69, 9.17) is 0 Å². The normalized spacial score (nSPS) is 25.7. The van der Waals surface area contributed by atoms with Crippen LogP contribution in [0, 0.1) is 17.8 Å². The first-order chi connectivity index (χ1) is 8.27. The van der Waals surface area contributed by atoms with Crippen LogP contribution >= 0.6 is 0 Å². The first-order valence-corrected chi connectivity index (χ1v) is 7.78. The predicted molar refractivity (Wildman–Crippen MR) is 71.9 cm³/mol. The van der Waals surface area contributed by atoms with Crippen molar-refractivity contribution in [2.75, 3.05) is 0 Å². The highest BCUT2D eigenvalue weighted by Crippen LogP contribution is 2.37. The van der Waals surface area contributed by atoms with Crippen molar-refractivity contribution >= 4 is 5.78 Å². The average molecular weight is 236 g/mol. The lowest BCUT2D eigenvalue weighted by atomic mass is 9.72. The molecule has 2 fully saturated rings. The van der Waals surface area contributed by atoms with Crippen molar-refractivity contribution in [3.8, 4) is 0 Å². The third kappa shape index (κ3) is 3.82. The van der Waals surface area contributed by atoms with Gasteiger partial charge in [0.25, 0.3) is 0 Å². The van der Waals surface area contributed by atoms with Crippen LogP contribution in [0.3, 0.4) is 0 Å². The van der Waals surface area contributed by atoms with Crippen LogP contribution in [0.1, 0.15) is 77.6 Å². The molecule has 0 N–H and O–H groups in total. The molecule has 2 aliphatic carbocycles. The molecule has 0 aromatic rings. The fourth-order valence-electron chi connectivity index (χ4n) is 4.01. The summed E-state index contributed by atoms with van der Waals surface area (Å²) in [4.78, 5) is 11.9. The van der Waals surface area contributed by atoms with Crippen LogP contribution in [0.5, 0.6) is 0 Å². The van der Waals surface area contributed by atoms with Crippen LogP contribution in [0.25, 0.3) is 0 Å². The number of Topliss-reactive ketones (excluding diaryl/α,β-unsaturated/α-hetero) is 1. The van der Waals surface area contributed by atoms with Gasteiger partial charge in [0.05, 0.1) is 0 Å². The first-order valence-electron chi connectivity index (χ1n) is 7.78. The van der Waals surface area contributed by atoms with Gasteiger partial charge in [0, 0.05) is 5.92 Å². The van der Waals surface area contributed by atoms with Gasteiger partial charge < -0.3 is 0 Å². The lowest BCUT2D eigenvalue weighted by Gasteiger charge is -2.32. The third-order valence-corrected chi connectivity index (χ3v) is 5.05. The van der Waals surface area contributed by atoms with Crippen LogP contribution in [0.15, 0.2) is 0 Å². The largest absolute Gasteiger partial charge is 0.300 e. The van der Waals surface area contributed by atoms with E-state index in [0.29, 0.717) is 11.7 Å². The van der Waals surface area contributed by atoms with Gasteiger partial charge in [-0.2, -0.15) is 0 Å². The van der Waals surface area contributed by atoms with E-state index < -0.39 is 0 Å². The zero-order valence-electron chi connectivity index (χ0n) is 11.4. The molecule has 0 aromatic heterocycles.